The summed E-state index contributed by atoms with van der Waals surface area (Å²) in [6, 6.07) is 3.67. The highest BCUT2D eigenvalue weighted by Crippen LogP contribution is 2.10. The molecule has 0 unspecified atom stereocenters. The van der Waals surface area contributed by atoms with Crippen molar-refractivity contribution in [3.8, 4) is 0 Å². The molecule has 0 radical (unpaired) electrons. The maximum atomic E-state index is 12.4. The third-order valence-corrected chi connectivity index (χ3v) is 6.65. The number of rotatable bonds is 27. The minimum atomic E-state index is -0.160. The van der Waals surface area contributed by atoms with Crippen molar-refractivity contribution in [2.45, 2.75) is 136 Å². The van der Waals surface area contributed by atoms with Crippen LogP contribution in [0, 0.1) is 0 Å². The molecule has 0 fully saturated rings. The second kappa shape index (κ2) is 26.1. The molecule has 37 heavy (non-hydrogen) atoms. The number of nitrogens with one attached hydrogen (secondary N) is 1. The Hall–Kier alpha value is -1.50. The Kier molecular flexibility index (Phi) is 23.7. The van der Waals surface area contributed by atoms with Gasteiger partial charge >= 0.3 is 0 Å². The standard InChI is InChI=1S/C31H56N2O4/c1-3-5-7-9-11-13-15-17-19-24-35-28-33-23-21-22-30(26-33)31(34)32-27-37-29-36-25-20-18-16-14-12-10-8-6-4-2/h21-23,26H,3-20,24-25,27-29H2,1-2H3/p+1. The van der Waals surface area contributed by atoms with Crippen molar-refractivity contribution in [3.63, 3.8) is 0 Å². The zero-order valence-corrected chi connectivity index (χ0v) is 24.2. The number of nitrogens with zero attached hydrogens (tertiary/aromatic N) is 1. The van der Waals surface area contributed by atoms with E-state index in [2.05, 4.69) is 19.2 Å². The first-order chi connectivity index (χ1) is 18.3. The van der Waals surface area contributed by atoms with E-state index in [4.69, 9.17) is 14.2 Å². The SMILES string of the molecule is CCCCCCCCCCCOCOCNC(=O)c1ccc[n+](COCCCCCCCCCCC)c1. The van der Waals surface area contributed by atoms with Gasteiger partial charge in [-0.25, -0.2) is 0 Å². The molecule has 0 bridgehead atoms. The molecule has 0 aromatic carbocycles. The number of carbonyl (C=O) groups excluding carboxylic acids is 1. The summed E-state index contributed by atoms with van der Waals surface area (Å²) in [5.74, 6) is -0.160. The number of amides is 1. The summed E-state index contributed by atoms with van der Waals surface area (Å²) in [5.41, 5.74) is 0.591. The fourth-order valence-corrected chi connectivity index (χ4v) is 4.31. The Morgan fingerprint density at radius 2 is 1.22 bits per heavy atom. The van der Waals surface area contributed by atoms with Crippen molar-refractivity contribution in [1.29, 1.82) is 0 Å². The van der Waals surface area contributed by atoms with Crippen LogP contribution in [-0.2, 0) is 20.9 Å². The Morgan fingerprint density at radius 1 is 0.703 bits per heavy atom. The van der Waals surface area contributed by atoms with Crippen molar-refractivity contribution in [2.24, 2.45) is 0 Å². The quantitative estimate of drug-likeness (QED) is 0.0732. The van der Waals surface area contributed by atoms with Gasteiger partial charge < -0.3 is 19.5 Å². The molecule has 1 N–H and O–H groups in total. The number of hydrogen-bond acceptors (Lipinski definition) is 4. The Balaban J connectivity index is 1.97. The van der Waals surface area contributed by atoms with Gasteiger partial charge in [0.05, 0.1) is 6.61 Å². The zero-order valence-electron chi connectivity index (χ0n) is 24.2. The zero-order chi connectivity index (χ0) is 26.7. The van der Waals surface area contributed by atoms with Crippen LogP contribution in [0.3, 0.4) is 0 Å². The topological polar surface area (TPSA) is 60.7 Å². The molecule has 0 atom stereocenters. The third-order valence-electron chi connectivity index (χ3n) is 6.65. The van der Waals surface area contributed by atoms with Gasteiger partial charge in [-0.05, 0) is 18.9 Å². The Morgan fingerprint density at radius 3 is 1.78 bits per heavy atom. The maximum Gasteiger partial charge on any atom is 0.259 e. The van der Waals surface area contributed by atoms with E-state index in [0.717, 1.165) is 19.4 Å². The second-order valence-corrected chi connectivity index (χ2v) is 10.2. The molecule has 0 aliphatic carbocycles. The smallest absolute Gasteiger partial charge is 0.259 e. The van der Waals surface area contributed by atoms with E-state index >= 15 is 0 Å². The lowest BCUT2D eigenvalue weighted by atomic mass is 10.1. The fourth-order valence-electron chi connectivity index (χ4n) is 4.31. The molecule has 1 heterocycles. The molecule has 0 saturated carbocycles. The van der Waals surface area contributed by atoms with E-state index < -0.39 is 0 Å². The molecule has 1 aromatic rings. The minimum Gasteiger partial charge on any atom is -0.355 e. The lowest BCUT2D eigenvalue weighted by Gasteiger charge is -2.07. The van der Waals surface area contributed by atoms with Gasteiger partial charge in [0.15, 0.2) is 12.4 Å². The average molecular weight is 522 g/mol. The maximum absolute atomic E-state index is 12.4. The summed E-state index contributed by atoms with van der Waals surface area (Å²) in [5, 5.41) is 2.78. The second-order valence-electron chi connectivity index (χ2n) is 10.2. The first-order valence-corrected chi connectivity index (χ1v) is 15.3. The van der Waals surface area contributed by atoms with Crippen LogP contribution in [0.2, 0.25) is 0 Å². The van der Waals surface area contributed by atoms with Gasteiger partial charge in [0.2, 0.25) is 0 Å². The van der Waals surface area contributed by atoms with Crippen molar-refractivity contribution in [1.82, 2.24) is 5.32 Å². The van der Waals surface area contributed by atoms with Crippen LogP contribution in [0.4, 0.5) is 0 Å². The van der Waals surface area contributed by atoms with Crippen LogP contribution in [0.25, 0.3) is 0 Å². The van der Waals surface area contributed by atoms with E-state index in [-0.39, 0.29) is 19.4 Å². The van der Waals surface area contributed by atoms with E-state index in [1.807, 2.05) is 23.0 Å². The molecule has 0 aliphatic rings. The van der Waals surface area contributed by atoms with Crippen LogP contribution in [-0.4, -0.2) is 32.6 Å². The molecular formula is C31H57N2O4+. The summed E-state index contributed by atoms with van der Waals surface area (Å²) in [6.07, 6.45) is 27.2. The monoisotopic (exact) mass is 521 g/mol. The number of hydrogen-bond donors (Lipinski definition) is 1. The molecule has 0 saturated heterocycles. The van der Waals surface area contributed by atoms with Gasteiger partial charge in [-0.1, -0.05) is 117 Å². The van der Waals surface area contributed by atoms with Crippen molar-refractivity contribution in [3.05, 3.63) is 30.1 Å². The average Bonchev–Trinajstić information content (AvgIpc) is 2.92. The predicted octanol–water partition coefficient (Wildman–Crippen LogP) is 7.69. The van der Waals surface area contributed by atoms with Gasteiger partial charge in [-0.2, -0.15) is 4.57 Å². The van der Waals surface area contributed by atoms with Crippen LogP contribution >= 0.6 is 0 Å². The summed E-state index contributed by atoms with van der Waals surface area (Å²) in [7, 11) is 0. The van der Waals surface area contributed by atoms with Crippen LogP contribution in [0.15, 0.2) is 24.5 Å². The Labute approximate surface area is 227 Å². The third kappa shape index (κ3) is 21.2. The molecule has 6 heteroatoms. The number of ether oxygens (including phenoxy) is 3. The van der Waals surface area contributed by atoms with Crippen molar-refractivity contribution in [2.75, 3.05) is 26.7 Å². The highest BCUT2D eigenvalue weighted by molar-refractivity contribution is 5.93. The van der Waals surface area contributed by atoms with Gasteiger partial charge in [0.25, 0.3) is 12.6 Å². The number of pyridine rings is 1. The highest BCUT2D eigenvalue weighted by Gasteiger charge is 2.10. The molecule has 214 valence electrons. The highest BCUT2D eigenvalue weighted by atomic mass is 16.7. The van der Waals surface area contributed by atoms with Gasteiger partial charge in [0, 0.05) is 12.7 Å². The lowest BCUT2D eigenvalue weighted by Crippen LogP contribution is -2.37. The largest absolute Gasteiger partial charge is 0.355 e. The summed E-state index contributed by atoms with van der Waals surface area (Å²) in [4.78, 5) is 12.4. The van der Waals surface area contributed by atoms with Crippen LogP contribution in [0.1, 0.15) is 140 Å². The van der Waals surface area contributed by atoms with Crippen molar-refractivity contribution < 1.29 is 23.6 Å². The van der Waals surface area contributed by atoms with Crippen molar-refractivity contribution >= 4 is 5.91 Å². The van der Waals surface area contributed by atoms with E-state index in [1.165, 1.54) is 103 Å². The molecule has 0 aliphatic heterocycles. The molecule has 1 aromatic heterocycles. The Bertz CT molecular complexity index is 641. The predicted molar refractivity (Wildman–Crippen MR) is 151 cm³/mol. The lowest BCUT2D eigenvalue weighted by molar-refractivity contribution is -0.732. The first kappa shape index (κ1) is 33.5. The summed E-state index contributed by atoms with van der Waals surface area (Å²) in [6.45, 7) is 6.79. The molecule has 1 rings (SSSR count). The molecular weight excluding hydrogens is 464 g/mol. The minimum absolute atomic E-state index is 0.139. The van der Waals surface area contributed by atoms with E-state index in [0.29, 0.717) is 18.9 Å². The summed E-state index contributed by atoms with van der Waals surface area (Å²) >= 11 is 0. The molecule has 0 spiro atoms. The first-order valence-electron chi connectivity index (χ1n) is 15.3. The van der Waals surface area contributed by atoms with Gasteiger partial charge in [0.1, 0.15) is 19.1 Å². The number of carbonyl (C=O) groups is 1. The number of aromatic nitrogens is 1. The fraction of sp³-hybridized carbons (Fsp3) is 0.806. The van der Waals surface area contributed by atoms with Gasteiger partial charge in [-0.3, -0.25) is 4.79 Å². The van der Waals surface area contributed by atoms with E-state index in [9.17, 15) is 4.79 Å². The number of unbranched alkanes of at least 4 members (excludes halogenated alkanes) is 16. The van der Waals surface area contributed by atoms with Gasteiger partial charge in [-0.15, -0.1) is 0 Å². The normalized spacial score (nSPS) is 11.2. The molecule has 6 nitrogen and oxygen atoms in total. The van der Waals surface area contributed by atoms with Crippen LogP contribution in [0.5, 0.6) is 0 Å². The summed E-state index contributed by atoms with van der Waals surface area (Å²) < 4.78 is 18.6. The van der Waals surface area contributed by atoms with E-state index in [1.54, 1.807) is 6.07 Å². The molecule has 1 amide bonds. The van der Waals surface area contributed by atoms with Crippen LogP contribution < -0.4 is 9.88 Å².